The van der Waals surface area contributed by atoms with Crippen LogP contribution in [-0.2, 0) is 19.1 Å². The molecule has 0 aromatic heterocycles. The maximum absolute atomic E-state index is 13.4. The van der Waals surface area contributed by atoms with Gasteiger partial charge in [0.25, 0.3) is 0 Å². The zero-order valence-electron chi connectivity index (χ0n) is 21.8. The molecular formula is C25H36F3N5O4. The molecule has 206 valence electrons. The van der Waals surface area contributed by atoms with Gasteiger partial charge >= 0.3 is 6.18 Å². The summed E-state index contributed by atoms with van der Waals surface area (Å²) >= 11 is 0. The van der Waals surface area contributed by atoms with E-state index in [2.05, 4.69) is 16.7 Å². The molecule has 1 spiro atoms. The van der Waals surface area contributed by atoms with E-state index < -0.39 is 47.8 Å². The van der Waals surface area contributed by atoms with Gasteiger partial charge in [-0.3, -0.25) is 14.4 Å². The van der Waals surface area contributed by atoms with E-state index in [1.807, 2.05) is 13.8 Å². The average Bonchev–Trinajstić information content (AvgIpc) is 3.50. The summed E-state index contributed by atoms with van der Waals surface area (Å²) in [5.41, 5.74) is 3.18. The monoisotopic (exact) mass is 527 g/mol. The number of nitriles is 1. The van der Waals surface area contributed by atoms with Crippen LogP contribution in [0.3, 0.4) is 0 Å². The Labute approximate surface area is 214 Å². The van der Waals surface area contributed by atoms with E-state index in [9.17, 15) is 32.8 Å². The van der Waals surface area contributed by atoms with Crippen LogP contribution < -0.4 is 16.4 Å². The number of carbonyl (C=O) groups is 3. The lowest BCUT2D eigenvalue weighted by molar-refractivity contribution is -0.276. The summed E-state index contributed by atoms with van der Waals surface area (Å²) < 4.78 is 45.0. The lowest BCUT2D eigenvalue weighted by Crippen LogP contribution is -2.59. The second-order valence-electron chi connectivity index (χ2n) is 12.3. The van der Waals surface area contributed by atoms with Gasteiger partial charge in [-0.1, -0.05) is 13.8 Å². The molecule has 0 unspecified atom stereocenters. The number of rotatable bonds is 8. The summed E-state index contributed by atoms with van der Waals surface area (Å²) in [6, 6.07) is -1.19. The number of piperidine rings is 1. The Morgan fingerprint density at radius 2 is 1.95 bits per heavy atom. The third-order valence-corrected chi connectivity index (χ3v) is 8.96. The van der Waals surface area contributed by atoms with Gasteiger partial charge in [0.1, 0.15) is 18.1 Å². The lowest BCUT2D eigenvalue weighted by Gasteiger charge is -2.36. The molecule has 4 rings (SSSR count). The van der Waals surface area contributed by atoms with Gasteiger partial charge in [0.15, 0.2) is 5.60 Å². The van der Waals surface area contributed by atoms with E-state index >= 15 is 0 Å². The van der Waals surface area contributed by atoms with Crippen LogP contribution >= 0.6 is 0 Å². The number of likely N-dealkylation sites (tertiary alicyclic amines) is 1. The van der Waals surface area contributed by atoms with Gasteiger partial charge < -0.3 is 26.0 Å². The Balaban J connectivity index is 1.44. The van der Waals surface area contributed by atoms with Crippen LogP contribution in [0.4, 0.5) is 13.2 Å². The first-order valence-electron chi connectivity index (χ1n) is 12.8. The minimum Gasteiger partial charge on any atom is -0.361 e. The van der Waals surface area contributed by atoms with E-state index in [1.165, 1.54) is 11.8 Å². The molecule has 3 amide bonds. The highest BCUT2D eigenvalue weighted by Gasteiger charge is 2.69. The van der Waals surface area contributed by atoms with Crippen LogP contribution in [0.5, 0.6) is 0 Å². The highest BCUT2D eigenvalue weighted by molar-refractivity contribution is 5.92. The quantitative estimate of drug-likeness (QED) is 0.439. The highest BCUT2D eigenvalue weighted by atomic mass is 19.4. The number of nitrogens with zero attached hydrogens (tertiary/aromatic N) is 2. The van der Waals surface area contributed by atoms with Crippen molar-refractivity contribution in [3.63, 3.8) is 0 Å². The predicted molar refractivity (Wildman–Crippen MR) is 125 cm³/mol. The zero-order valence-corrected chi connectivity index (χ0v) is 21.8. The third kappa shape index (κ3) is 4.92. The number of hydrogen-bond acceptors (Lipinski definition) is 6. The Morgan fingerprint density at radius 1 is 1.32 bits per heavy atom. The first-order valence-corrected chi connectivity index (χ1v) is 12.8. The molecule has 2 saturated heterocycles. The summed E-state index contributed by atoms with van der Waals surface area (Å²) in [5, 5.41) is 15.4. The van der Waals surface area contributed by atoms with Gasteiger partial charge in [0.05, 0.1) is 12.2 Å². The van der Waals surface area contributed by atoms with Crippen molar-refractivity contribution in [1.82, 2.24) is 15.5 Å². The number of halogens is 3. The molecule has 12 heteroatoms. The predicted octanol–water partition coefficient (Wildman–Crippen LogP) is 1.61. The first kappa shape index (κ1) is 27.6. The number of nitrogens with one attached hydrogen (secondary N) is 2. The van der Waals surface area contributed by atoms with Crippen LogP contribution in [0, 0.1) is 34.5 Å². The van der Waals surface area contributed by atoms with Crippen molar-refractivity contribution in [3.8, 4) is 6.07 Å². The summed E-state index contributed by atoms with van der Waals surface area (Å²) in [6.45, 7) is 7.24. The van der Waals surface area contributed by atoms with Gasteiger partial charge in [-0.25, -0.2) is 0 Å². The van der Waals surface area contributed by atoms with E-state index in [4.69, 9.17) is 10.5 Å². The first-order chi connectivity index (χ1) is 16.9. The lowest BCUT2D eigenvalue weighted by atomic mass is 9.95. The van der Waals surface area contributed by atoms with Crippen molar-refractivity contribution < 1.29 is 32.3 Å². The molecule has 0 bridgehead atoms. The van der Waals surface area contributed by atoms with Gasteiger partial charge in [-0.2, -0.15) is 18.4 Å². The number of fused-ring (bicyclic) bond motifs is 1. The molecule has 9 nitrogen and oxygen atoms in total. The van der Waals surface area contributed by atoms with Crippen LogP contribution in [0.15, 0.2) is 0 Å². The molecule has 0 aromatic rings. The molecule has 37 heavy (non-hydrogen) atoms. The highest BCUT2D eigenvalue weighted by Crippen LogP contribution is 2.65. The van der Waals surface area contributed by atoms with Crippen molar-refractivity contribution in [3.05, 3.63) is 0 Å². The zero-order chi connectivity index (χ0) is 27.7. The Morgan fingerprint density at radius 3 is 2.46 bits per heavy atom. The van der Waals surface area contributed by atoms with E-state index in [0.29, 0.717) is 6.42 Å². The number of alkyl halides is 3. The number of carbonyl (C=O) groups excluding carboxylic acids is 3. The number of nitrogens with two attached hydrogens (primary N) is 1. The van der Waals surface area contributed by atoms with Crippen molar-refractivity contribution in [2.75, 3.05) is 6.54 Å². The van der Waals surface area contributed by atoms with Crippen molar-refractivity contribution in [1.29, 1.82) is 5.26 Å². The van der Waals surface area contributed by atoms with Gasteiger partial charge in [0, 0.05) is 18.0 Å². The molecule has 4 aliphatic rings. The summed E-state index contributed by atoms with van der Waals surface area (Å²) in [5.74, 6) is -1.83. The smallest absolute Gasteiger partial charge is 0.361 e. The molecule has 0 aromatic carbocycles. The number of amides is 3. The molecule has 2 saturated carbocycles. The van der Waals surface area contributed by atoms with E-state index in [-0.39, 0.29) is 47.6 Å². The maximum Gasteiger partial charge on any atom is 0.416 e. The molecule has 2 aliphatic carbocycles. The fourth-order valence-electron chi connectivity index (χ4n) is 6.15. The van der Waals surface area contributed by atoms with Gasteiger partial charge in [0.2, 0.25) is 17.7 Å². The molecule has 2 aliphatic heterocycles. The topological polar surface area (TPSA) is 138 Å². The molecule has 0 radical (unpaired) electrons. The summed E-state index contributed by atoms with van der Waals surface area (Å²) in [7, 11) is 0. The van der Waals surface area contributed by atoms with E-state index in [0.717, 1.165) is 26.7 Å². The minimum absolute atomic E-state index is 0.0260. The van der Waals surface area contributed by atoms with E-state index in [1.54, 1.807) is 0 Å². The van der Waals surface area contributed by atoms with Gasteiger partial charge in [-0.05, 0) is 63.7 Å². The summed E-state index contributed by atoms with van der Waals surface area (Å²) in [4.78, 5) is 40.4. The number of ether oxygens (including phenoxy) is 1. The van der Waals surface area contributed by atoms with Crippen LogP contribution in [-0.4, -0.2) is 70.7 Å². The standard InChI is InChI=1S/C25H36F3N5O4/c1-12(37-23(4,5)25(26,27)28)17(30)21(36)33-11-15-16(22(15,2)3)18(33)20(35)31-14(10-29)8-13-9-24(6-7-24)32-19(13)34/h12-18H,6-9,11,30H2,1-5H3,(H,31,35)(H,32,34)/t12-,13-,14+,15+,16+,17+,18+/m1/s1. The molecule has 7 atom stereocenters. The number of hydrogen-bond donors (Lipinski definition) is 3. The minimum atomic E-state index is -4.66. The normalized spacial score (nSPS) is 31.7. The second kappa shape index (κ2) is 8.83. The Bertz CT molecular complexity index is 1020. The molecule has 4 fully saturated rings. The third-order valence-electron chi connectivity index (χ3n) is 8.96. The Kier molecular flexibility index (Phi) is 6.60. The van der Waals surface area contributed by atoms with Crippen LogP contribution in [0.2, 0.25) is 0 Å². The molecule has 2 heterocycles. The van der Waals surface area contributed by atoms with Crippen molar-refractivity contribution in [2.45, 2.75) is 102 Å². The molecular weight excluding hydrogens is 491 g/mol. The van der Waals surface area contributed by atoms with Gasteiger partial charge in [-0.15, -0.1) is 0 Å². The molecule has 4 N–H and O–H groups in total. The Hall–Kier alpha value is -2.39. The maximum atomic E-state index is 13.4. The average molecular weight is 528 g/mol. The van der Waals surface area contributed by atoms with Crippen LogP contribution in [0.25, 0.3) is 0 Å². The van der Waals surface area contributed by atoms with Crippen LogP contribution in [0.1, 0.15) is 60.3 Å². The fraction of sp³-hybridized carbons (Fsp3) is 0.840. The van der Waals surface area contributed by atoms with Crippen molar-refractivity contribution >= 4 is 17.7 Å². The second-order valence-corrected chi connectivity index (χ2v) is 12.3. The largest absolute Gasteiger partial charge is 0.416 e. The van der Waals surface area contributed by atoms with Crippen molar-refractivity contribution in [2.24, 2.45) is 28.9 Å². The summed E-state index contributed by atoms with van der Waals surface area (Å²) in [6.07, 6.45) is -3.29. The SMILES string of the molecule is C[C@@H](OC(C)(C)C(F)(F)F)[C@H](N)C(=O)N1C[C@H]2[C@@H]([C@H]1C(=O)N[C@H](C#N)C[C@@H]1CC3(CC3)NC1=O)C2(C)C. The fourth-order valence-corrected chi connectivity index (χ4v) is 6.15.